The molecule has 0 radical (unpaired) electrons. The average Bonchev–Trinajstić information content (AvgIpc) is 2.83. The number of hydrogen-bond donors (Lipinski definition) is 1. The molecule has 2 rings (SSSR count). The van der Waals surface area contributed by atoms with Crippen molar-refractivity contribution in [2.45, 2.75) is 24.3 Å². The molecule has 0 aliphatic carbocycles. The standard InChI is InChI=1S/C13H16ClN3O2S/c1-3-13(10-5-4-6-11(14)7-10)16-20(18,19)12-8-15-17(2)9-12/h4-9,13,16H,3H2,1-2H3. The second-order valence-electron chi connectivity index (χ2n) is 4.49. The highest BCUT2D eigenvalue weighted by Gasteiger charge is 2.21. The molecule has 7 heteroatoms. The molecule has 0 fully saturated rings. The minimum atomic E-state index is -3.59. The first-order chi connectivity index (χ1) is 9.42. The molecular formula is C13H16ClN3O2S. The van der Waals surface area contributed by atoms with E-state index in [2.05, 4.69) is 9.82 Å². The Hall–Kier alpha value is -1.37. The van der Waals surface area contributed by atoms with Crippen molar-refractivity contribution in [1.29, 1.82) is 0 Å². The third kappa shape index (κ3) is 3.39. The lowest BCUT2D eigenvalue weighted by atomic mass is 10.1. The summed E-state index contributed by atoms with van der Waals surface area (Å²) >= 11 is 5.95. The van der Waals surface area contributed by atoms with Crippen LogP contribution in [0.2, 0.25) is 5.02 Å². The van der Waals surface area contributed by atoms with Gasteiger partial charge in [-0.3, -0.25) is 4.68 Å². The molecule has 2 aromatic rings. The van der Waals surface area contributed by atoms with Gasteiger partial charge in [0.2, 0.25) is 10.0 Å². The molecule has 0 aliphatic heterocycles. The molecule has 0 saturated heterocycles. The molecule has 0 amide bonds. The lowest BCUT2D eigenvalue weighted by Crippen LogP contribution is -2.28. The van der Waals surface area contributed by atoms with Gasteiger partial charge in [0.25, 0.3) is 0 Å². The van der Waals surface area contributed by atoms with Gasteiger partial charge in [-0.15, -0.1) is 0 Å². The number of benzene rings is 1. The number of aryl methyl sites for hydroxylation is 1. The number of nitrogens with zero attached hydrogens (tertiary/aromatic N) is 2. The Balaban J connectivity index is 2.26. The monoisotopic (exact) mass is 313 g/mol. The Kier molecular flexibility index (Phi) is 4.47. The molecule has 0 saturated carbocycles. The Bertz CT molecular complexity index is 697. The number of aromatic nitrogens is 2. The summed E-state index contributed by atoms with van der Waals surface area (Å²) in [5.41, 5.74) is 0.840. The highest BCUT2D eigenvalue weighted by atomic mass is 35.5. The molecule has 1 heterocycles. The molecule has 1 unspecified atom stereocenters. The largest absolute Gasteiger partial charge is 0.274 e. The minimum absolute atomic E-state index is 0.153. The van der Waals surface area contributed by atoms with Gasteiger partial charge in [0, 0.05) is 24.3 Å². The van der Waals surface area contributed by atoms with Crippen molar-refractivity contribution in [3.8, 4) is 0 Å². The van der Waals surface area contributed by atoms with Crippen molar-refractivity contribution in [3.63, 3.8) is 0 Å². The summed E-state index contributed by atoms with van der Waals surface area (Å²) in [4.78, 5) is 0.153. The first kappa shape index (κ1) is 15.0. The van der Waals surface area contributed by atoms with E-state index in [-0.39, 0.29) is 10.9 Å². The van der Waals surface area contributed by atoms with Gasteiger partial charge in [-0.05, 0) is 24.1 Å². The van der Waals surface area contributed by atoms with Gasteiger partial charge >= 0.3 is 0 Å². The molecule has 0 spiro atoms. The number of rotatable bonds is 5. The van der Waals surface area contributed by atoms with Gasteiger partial charge in [-0.1, -0.05) is 30.7 Å². The second kappa shape index (κ2) is 5.95. The van der Waals surface area contributed by atoms with Crippen LogP contribution in [0.25, 0.3) is 0 Å². The van der Waals surface area contributed by atoms with Crippen LogP contribution >= 0.6 is 11.6 Å². The van der Waals surface area contributed by atoms with Crippen LogP contribution < -0.4 is 4.72 Å². The van der Waals surface area contributed by atoms with E-state index >= 15 is 0 Å². The Morgan fingerprint density at radius 3 is 2.75 bits per heavy atom. The maximum atomic E-state index is 12.3. The lowest BCUT2D eigenvalue weighted by molar-refractivity contribution is 0.550. The number of halogens is 1. The Morgan fingerprint density at radius 2 is 2.20 bits per heavy atom. The van der Waals surface area contributed by atoms with E-state index in [0.29, 0.717) is 11.4 Å². The van der Waals surface area contributed by atoms with E-state index in [9.17, 15) is 8.42 Å². The molecule has 5 nitrogen and oxygen atoms in total. The first-order valence-electron chi connectivity index (χ1n) is 6.19. The van der Waals surface area contributed by atoms with E-state index in [1.165, 1.54) is 17.1 Å². The molecule has 0 aliphatic rings. The summed E-state index contributed by atoms with van der Waals surface area (Å²) in [6.45, 7) is 1.91. The highest BCUT2D eigenvalue weighted by Crippen LogP contribution is 2.22. The fraction of sp³-hybridized carbons (Fsp3) is 0.308. The maximum absolute atomic E-state index is 12.3. The van der Waals surface area contributed by atoms with Gasteiger partial charge < -0.3 is 0 Å². The molecule has 0 bridgehead atoms. The first-order valence-corrected chi connectivity index (χ1v) is 8.05. The van der Waals surface area contributed by atoms with Gasteiger partial charge in [0.15, 0.2) is 0 Å². The molecule has 1 atom stereocenters. The summed E-state index contributed by atoms with van der Waals surface area (Å²) < 4.78 is 28.7. The highest BCUT2D eigenvalue weighted by molar-refractivity contribution is 7.89. The number of sulfonamides is 1. The van der Waals surface area contributed by atoms with E-state index in [1.54, 1.807) is 25.2 Å². The number of hydrogen-bond acceptors (Lipinski definition) is 3. The van der Waals surface area contributed by atoms with Crippen LogP contribution in [0.4, 0.5) is 0 Å². The summed E-state index contributed by atoms with van der Waals surface area (Å²) in [5.74, 6) is 0. The second-order valence-corrected chi connectivity index (χ2v) is 6.64. The molecule has 1 N–H and O–H groups in total. The maximum Gasteiger partial charge on any atom is 0.244 e. The van der Waals surface area contributed by atoms with Crippen LogP contribution in [-0.4, -0.2) is 18.2 Å². The van der Waals surface area contributed by atoms with Crippen molar-refractivity contribution >= 4 is 21.6 Å². The molecule has 20 heavy (non-hydrogen) atoms. The van der Waals surface area contributed by atoms with Gasteiger partial charge in [-0.2, -0.15) is 5.10 Å². The van der Waals surface area contributed by atoms with Crippen LogP contribution in [0.3, 0.4) is 0 Å². The third-order valence-corrected chi connectivity index (χ3v) is 4.61. The predicted molar refractivity (Wildman–Crippen MR) is 78.0 cm³/mol. The van der Waals surface area contributed by atoms with Gasteiger partial charge in [-0.25, -0.2) is 13.1 Å². The fourth-order valence-corrected chi connectivity index (χ4v) is 3.39. The van der Waals surface area contributed by atoms with Crippen molar-refractivity contribution in [1.82, 2.24) is 14.5 Å². The molecule has 1 aromatic carbocycles. The van der Waals surface area contributed by atoms with E-state index in [1.807, 2.05) is 13.0 Å². The normalized spacial score (nSPS) is 13.3. The zero-order valence-electron chi connectivity index (χ0n) is 11.2. The van der Waals surface area contributed by atoms with Crippen molar-refractivity contribution in [2.24, 2.45) is 7.05 Å². The summed E-state index contributed by atoms with van der Waals surface area (Å²) in [5, 5.41) is 4.46. The van der Waals surface area contributed by atoms with E-state index < -0.39 is 10.0 Å². The van der Waals surface area contributed by atoms with Crippen molar-refractivity contribution in [3.05, 3.63) is 47.2 Å². The quantitative estimate of drug-likeness (QED) is 0.922. The topological polar surface area (TPSA) is 64.0 Å². The van der Waals surface area contributed by atoms with Crippen LogP contribution in [0.15, 0.2) is 41.6 Å². The van der Waals surface area contributed by atoms with Crippen molar-refractivity contribution < 1.29 is 8.42 Å². The predicted octanol–water partition coefficient (Wildman–Crippen LogP) is 2.50. The summed E-state index contributed by atoms with van der Waals surface area (Å²) in [7, 11) is -1.91. The Labute approximate surface area is 123 Å². The van der Waals surface area contributed by atoms with Crippen LogP contribution in [0.5, 0.6) is 0 Å². The fourth-order valence-electron chi connectivity index (χ4n) is 1.90. The SMILES string of the molecule is CCC(NS(=O)(=O)c1cnn(C)c1)c1cccc(Cl)c1. The zero-order valence-corrected chi connectivity index (χ0v) is 12.8. The van der Waals surface area contributed by atoms with Crippen LogP contribution in [0.1, 0.15) is 24.9 Å². The summed E-state index contributed by atoms with van der Waals surface area (Å²) in [6.07, 6.45) is 3.42. The third-order valence-electron chi connectivity index (χ3n) is 2.95. The van der Waals surface area contributed by atoms with Crippen molar-refractivity contribution in [2.75, 3.05) is 0 Å². The smallest absolute Gasteiger partial charge is 0.244 e. The van der Waals surface area contributed by atoms with Crippen LogP contribution in [-0.2, 0) is 17.1 Å². The minimum Gasteiger partial charge on any atom is -0.274 e. The van der Waals surface area contributed by atoms with E-state index in [0.717, 1.165) is 5.56 Å². The van der Waals surface area contributed by atoms with E-state index in [4.69, 9.17) is 11.6 Å². The lowest BCUT2D eigenvalue weighted by Gasteiger charge is -2.17. The molecular weight excluding hydrogens is 298 g/mol. The van der Waals surface area contributed by atoms with Crippen LogP contribution in [0, 0.1) is 0 Å². The number of nitrogens with one attached hydrogen (secondary N) is 1. The Morgan fingerprint density at radius 1 is 1.45 bits per heavy atom. The molecule has 1 aromatic heterocycles. The summed E-state index contributed by atoms with van der Waals surface area (Å²) in [6, 6.07) is 6.86. The van der Waals surface area contributed by atoms with Gasteiger partial charge in [0.05, 0.1) is 6.20 Å². The van der Waals surface area contributed by atoms with Gasteiger partial charge in [0.1, 0.15) is 4.90 Å². The average molecular weight is 314 g/mol. The zero-order chi connectivity index (χ0) is 14.8. The molecule has 108 valence electrons.